The highest BCUT2D eigenvalue weighted by Crippen LogP contribution is 2.33. The number of hydrogen-bond donors (Lipinski definition) is 0. The lowest BCUT2D eigenvalue weighted by Crippen LogP contribution is -2.20. The minimum atomic E-state index is -0.880. The van der Waals surface area contributed by atoms with Crippen molar-refractivity contribution in [1.29, 1.82) is 0 Å². The third kappa shape index (κ3) is 4.75. The highest BCUT2D eigenvalue weighted by Gasteiger charge is 2.20. The van der Waals surface area contributed by atoms with Gasteiger partial charge in [0.25, 0.3) is 5.24 Å². The van der Waals surface area contributed by atoms with Crippen molar-refractivity contribution in [2.24, 2.45) is 0 Å². The van der Waals surface area contributed by atoms with Crippen LogP contribution in [0.4, 0.5) is 4.39 Å². The third-order valence-electron chi connectivity index (χ3n) is 2.22. The largest absolute Gasteiger partial charge is 0.462 e. The average molecular weight is 384 g/mol. The molecule has 0 aliphatic rings. The van der Waals surface area contributed by atoms with E-state index in [-0.39, 0.29) is 17.6 Å². The maximum absolute atomic E-state index is 13.5. The molecule has 7 heteroatoms. The summed E-state index contributed by atoms with van der Waals surface area (Å²) in [6.07, 6.45) is -0.206. The monoisotopic (exact) mass is 382 g/mol. The second-order valence-electron chi connectivity index (χ2n) is 4.28. The summed E-state index contributed by atoms with van der Waals surface area (Å²) >= 11 is 9.66. The number of benzene rings is 1. The van der Waals surface area contributed by atoms with E-state index in [2.05, 4.69) is 15.9 Å². The van der Waals surface area contributed by atoms with Gasteiger partial charge < -0.3 is 4.74 Å². The van der Waals surface area contributed by atoms with Crippen molar-refractivity contribution in [2.45, 2.75) is 37.0 Å². The fraction of sp³-hybridized carbons (Fsp3) is 0.385. The van der Waals surface area contributed by atoms with Crippen molar-refractivity contribution in [3.8, 4) is 0 Å². The molecule has 1 unspecified atom stereocenters. The Hall–Kier alpha value is -0.590. The molecule has 0 spiro atoms. The Balaban J connectivity index is 2.95. The van der Waals surface area contributed by atoms with Crippen molar-refractivity contribution >= 4 is 50.5 Å². The van der Waals surface area contributed by atoms with E-state index in [0.717, 1.165) is 17.8 Å². The second-order valence-corrected chi connectivity index (χ2v) is 6.86. The highest BCUT2D eigenvalue weighted by molar-refractivity contribution is 9.10. The Labute approximate surface area is 134 Å². The zero-order valence-electron chi connectivity index (χ0n) is 11.1. The molecule has 1 atom stereocenters. The maximum atomic E-state index is 13.5. The standard InChI is InChI=1S/C13H13BrClFO3S/c1-6(2)19-13(18)7(3)20-11-4-8(12(15)17)10(16)5-9(11)14/h4-7H,1-3H3. The number of thioether (sulfide) groups is 1. The van der Waals surface area contributed by atoms with Crippen LogP contribution in [-0.4, -0.2) is 22.6 Å². The Kier molecular flexibility index (Phi) is 6.48. The topological polar surface area (TPSA) is 43.4 Å². The summed E-state index contributed by atoms with van der Waals surface area (Å²) < 4.78 is 19.0. The van der Waals surface area contributed by atoms with Crippen molar-refractivity contribution in [3.63, 3.8) is 0 Å². The van der Waals surface area contributed by atoms with Gasteiger partial charge in [0.1, 0.15) is 11.1 Å². The van der Waals surface area contributed by atoms with E-state index in [9.17, 15) is 14.0 Å². The summed E-state index contributed by atoms with van der Waals surface area (Å²) in [7, 11) is 0. The summed E-state index contributed by atoms with van der Waals surface area (Å²) in [5.41, 5.74) is -0.221. The number of ether oxygens (including phenoxy) is 1. The van der Waals surface area contributed by atoms with Gasteiger partial charge in [-0.15, -0.1) is 11.8 Å². The predicted octanol–water partition coefficient (Wildman–Crippen LogP) is 4.40. The lowest BCUT2D eigenvalue weighted by molar-refractivity contribution is -0.146. The first-order chi connectivity index (χ1) is 9.22. The number of hydrogen-bond acceptors (Lipinski definition) is 4. The van der Waals surface area contributed by atoms with Crippen LogP contribution in [0.3, 0.4) is 0 Å². The molecule has 3 nitrogen and oxygen atoms in total. The van der Waals surface area contributed by atoms with Gasteiger partial charge in [-0.2, -0.15) is 0 Å². The van der Waals surface area contributed by atoms with Gasteiger partial charge in [0.2, 0.25) is 0 Å². The quantitative estimate of drug-likeness (QED) is 0.429. The first-order valence-electron chi connectivity index (χ1n) is 5.78. The van der Waals surface area contributed by atoms with Gasteiger partial charge in [-0.25, -0.2) is 4.39 Å². The third-order valence-corrected chi connectivity index (χ3v) is 4.48. The molecule has 0 N–H and O–H groups in total. The van der Waals surface area contributed by atoms with E-state index in [0.29, 0.717) is 9.37 Å². The van der Waals surface area contributed by atoms with E-state index in [1.165, 1.54) is 6.07 Å². The van der Waals surface area contributed by atoms with Crippen LogP contribution >= 0.6 is 39.3 Å². The molecule has 1 aromatic rings. The van der Waals surface area contributed by atoms with Gasteiger partial charge in [-0.3, -0.25) is 9.59 Å². The van der Waals surface area contributed by atoms with Crippen LogP contribution in [0, 0.1) is 5.82 Å². The zero-order chi connectivity index (χ0) is 15.4. The Morgan fingerprint density at radius 2 is 1.95 bits per heavy atom. The molecular weight excluding hydrogens is 371 g/mol. The molecule has 1 aromatic carbocycles. The van der Waals surface area contributed by atoms with E-state index in [1.807, 2.05) is 0 Å². The molecule has 0 heterocycles. The minimum Gasteiger partial charge on any atom is -0.462 e. The molecule has 110 valence electrons. The fourth-order valence-corrected chi connectivity index (χ4v) is 2.97. The van der Waals surface area contributed by atoms with Crippen LogP contribution in [0.25, 0.3) is 0 Å². The first-order valence-corrected chi connectivity index (χ1v) is 7.83. The molecule has 0 bridgehead atoms. The van der Waals surface area contributed by atoms with Crippen LogP contribution in [0.5, 0.6) is 0 Å². The first kappa shape index (κ1) is 17.5. The van der Waals surface area contributed by atoms with Crippen molar-refractivity contribution in [3.05, 3.63) is 28.0 Å². The Morgan fingerprint density at radius 3 is 2.45 bits per heavy atom. The lowest BCUT2D eigenvalue weighted by Gasteiger charge is -2.14. The van der Waals surface area contributed by atoms with Crippen LogP contribution < -0.4 is 0 Å². The van der Waals surface area contributed by atoms with Crippen molar-refractivity contribution in [2.75, 3.05) is 0 Å². The molecule has 0 aromatic heterocycles. The van der Waals surface area contributed by atoms with Crippen molar-refractivity contribution < 1.29 is 18.7 Å². The number of carbonyl (C=O) groups excluding carboxylic acids is 2. The minimum absolute atomic E-state index is 0.206. The smallest absolute Gasteiger partial charge is 0.319 e. The zero-order valence-corrected chi connectivity index (χ0v) is 14.2. The summed E-state index contributed by atoms with van der Waals surface area (Å²) in [5.74, 6) is -1.08. The summed E-state index contributed by atoms with van der Waals surface area (Å²) in [6.45, 7) is 5.19. The van der Waals surface area contributed by atoms with E-state index < -0.39 is 16.3 Å². The van der Waals surface area contributed by atoms with Crippen LogP contribution in [0.1, 0.15) is 31.1 Å². The van der Waals surface area contributed by atoms with E-state index in [1.54, 1.807) is 20.8 Å². The second kappa shape index (κ2) is 7.43. The molecule has 20 heavy (non-hydrogen) atoms. The van der Waals surface area contributed by atoms with E-state index in [4.69, 9.17) is 16.3 Å². The van der Waals surface area contributed by atoms with Gasteiger partial charge in [-0.05, 0) is 60.4 Å². The number of rotatable bonds is 5. The van der Waals surface area contributed by atoms with Gasteiger partial charge in [0.15, 0.2) is 0 Å². The fourth-order valence-electron chi connectivity index (χ4n) is 1.34. The van der Waals surface area contributed by atoms with E-state index >= 15 is 0 Å². The molecule has 0 aliphatic heterocycles. The normalized spacial score (nSPS) is 12.3. The predicted molar refractivity (Wildman–Crippen MR) is 80.8 cm³/mol. The van der Waals surface area contributed by atoms with Gasteiger partial charge in [-0.1, -0.05) is 0 Å². The number of carbonyl (C=O) groups is 2. The average Bonchev–Trinajstić information content (AvgIpc) is 2.30. The van der Waals surface area contributed by atoms with Gasteiger partial charge in [0.05, 0.1) is 11.7 Å². The summed E-state index contributed by atoms with van der Waals surface area (Å²) in [6, 6.07) is 2.47. The van der Waals surface area contributed by atoms with Gasteiger partial charge in [0, 0.05) is 9.37 Å². The molecule has 0 fully saturated rings. The highest BCUT2D eigenvalue weighted by atomic mass is 79.9. The Bertz CT molecular complexity index is 537. The molecule has 0 amide bonds. The molecular formula is C13H13BrClFO3S. The summed E-state index contributed by atoms with van der Waals surface area (Å²) in [5, 5.41) is -1.37. The SMILES string of the molecule is CC(C)OC(=O)C(C)Sc1cc(C(=O)Cl)c(F)cc1Br. The van der Waals surface area contributed by atoms with Gasteiger partial charge >= 0.3 is 5.97 Å². The molecule has 0 radical (unpaired) electrons. The number of esters is 1. The summed E-state index contributed by atoms with van der Waals surface area (Å²) in [4.78, 5) is 23.4. The van der Waals surface area contributed by atoms with Crippen molar-refractivity contribution in [1.82, 2.24) is 0 Å². The van der Waals surface area contributed by atoms with Crippen LogP contribution in [0.2, 0.25) is 0 Å². The Morgan fingerprint density at radius 1 is 1.35 bits per heavy atom. The molecule has 0 aliphatic carbocycles. The van der Waals surface area contributed by atoms with Crippen LogP contribution in [0.15, 0.2) is 21.5 Å². The maximum Gasteiger partial charge on any atom is 0.319 e. The molecule has 0 saturated heterocycles. The molecule has 1 rings (SSSR count). The lowest BCUT2D eigenvalue weighted by atomic mass is 10.2. The van der Waals surface area contributed by atoms with Crippen LogP contribution in [-0.2, 0) is 9.53 Å². The molecule has 0 saturated carbocycles. The number of halogens is 3.